The van der Waals surface area contributed by atoms with Gasteiger partial charge in [-0.3, -0.25) is 9.32 Å². The van der Waals surface area contributed by atoms with Crippen molar-refractivity contribution in [1.29, 1.82) is 0 Å². The van der Waals surface area contributed by atoms with Crippen molar-refractivity contribution in [2.75, 3.05) is 13.2 Å². The minimum Gasteiger partial charge on any atom is -0.350 e. The van der Waals surface area contributed by atoms with E-state index in [0.717, 1.165) is 0 Å². The molecule has 7 nitrogen and oxygen atoms in total. The molecule has 0 rings (SSSR count). The number of phosphoric acid groups is 1. The quantitative estimate of drug-likeness (QED) is 0.414. The van der Waals surface area contributed by atoms with Gasteiger partial charge < -0.3 is 20.8 Å². The van der Waals surface area contributed by atoms with Gasteiger partial charge in [0, 0.05) is 13.5 Å². The fraction of sp³-hybridized carbons (Fsp3) is 0.800. The van der Waals surface area contributed by atoms with E-state index >= 15 is 0 Å². The van der Waals surface area contributed by atoms with E-state index in [2.05, 4.69) is 9.84 Å². The predicted molar refractivity (Wildman–Crippen MR) is 44.7 cm³/mol. The number of nitrogens with one attached hydrogen (secondary N) is 1. The first-order valence-corrected chi connectivity index (χ1v) is 5.05. The average molecular weight is 212 g/mol. The maximum absolute atomic E-state index is 10.5. The first-order valence-electron chi connectivity index (χ1n) is 3.52. The molecule has 0 radical (unpaired) electrons. The van der Waals surface area contributed by atoms with Crippen molar-refractivity contribution >= 4 is 13.7 Å². The lowest BCUT2D eigenvalue weighted by atomic mass is 10.3. The van der Waals surface area contributed by atoms with E-state index < -0.39 is 13.9 Å². The van der Waals surface area contributed by atoms with E-state index in [-0.39, 0.29) is 19.1 Å². The minimum atomic E-state index is -4.48. The number of rotatable bonds is 5. The van der Waals surface area contributed by atoms with E-state index in [1.54, 1.807) is 0 Å². The van der Waals surface area contributed by atoms with E-state index in [0.29, 0.717) is 0 Å². The van der Waals surface area contributed by atoms with Crippen LogP contribution >= 0.6 is 7.82 Å². The largest absolute Gasteiger partial charge is 0.469 e. The lowest BCUT2D eigenvalue weighted by molar-refractivity contribution is -0.119. The summed E-state index contributed by atoms with van der Waals surface area (Å²) >= 11 is 0. The maximum Gasteiger partial charge on any atom is 0.469 e. The molecule has 0 heterocycles. The molecule has 78 valence electrons. The molecule has 0 spiro atoms. The molecular weight excluding hydrogens is 199 g/mol. The average Bonchev–Trinajstić information content (AvgIpc) is 1.95. The van der Waals surface area contributed by atoms with Crippen molar-refractivity contribution in [2.45, 2.75) is 13.0 Å². The third-order valence-corrected chi connectivity index (χ3v) is 1.62. The smallest absolute Gasteiger partial charge is 0.350 e. The standard InChI is InChI=1S/C5H13N2O5P/c1-4(8)7-5(2-6)3-12-13(9,10)11/h5H,2-3,6H2,1H3,(H,7,8)(H2,9,10,11)/t5-/m1/s1. The van der Waals surface area contributed by atoms with Gasteiger partial charge in [0.15, 0.2) is 0 Å². The lowest BCUT2D eigenvalue weighted by Crippen LogP contribution is -2.42. The summed E-state index contributed by atoms with van der Waals surface area (Å²) in [7, 11) is -4.48. The molecule has 0 aliphatic carbocycles. The molecule has 0 fully saturated rings. The number of phosphoric ester groups is 1. The minimum absolute atomic E-state index is 0.0551. The van der Waals surface area contributed by atoms with Crippen LogP contribution < -0.4 is 11.1 Å². The van der Waals surface area contributed by atoms with E-state index in [1.807, 2.05) is 0 Å². The lowest BCUT2D eigenvalue weighted by Gasteiger charge is -2.15. The molecule has 1 amide bonds. The van der Waals surface area contributed by atoms with Gasteiger partial charge in [-0.05, 0) is 0 Å². The highest BCUT2D eigenvalue weighted by molar-refractivity contribution is 7.46. The Morgan fingerprint density at radius 1 is 1.69 bits per heavy atom. The number of nitrogens with two attached hydrogens (primary N) is 1. The molecule has 0 saturated carbocycles. The Morgan fingerprint density at radius 2 is 2.23 bits per heavy atom. The molecule has 0 aromatic heterocycles. The van der Waals surface area contributed by atoms with Crippen molar-refractivity contribution < 1.29 is 23.7 Å². The molecule has 0 aliphatic heterocycles. The zero-order chi connectivity index (χ0) is 10.5. The van der Waals surface area contributed by atoms with E-state index in [4.69, 9.17) is 15.5 Å². The second kappa shape index (κ2) is 5.31. The third kappa shape index (κ3) is 7.89. The van der Waals surface area contributed by atoms with Crippen LogP contribution in [-0.4, -0.2) is 34.9 Å². The summed E-state index contributed by atoms with van der Waals surface area (Å²) in [6.45, 7) is 1.03. The van der Waals surface area contributed by atoms with Gasteiger partial charge in [-0.25, -0.2) is 4.57 Å². The highest BCUT2D eigenvalue weighted by Gasteiger charge is 2.17. The Hall–Kier alpha value is -0.460. The van der Waals surface area contributed by atoms with E-state index in [9.17, 15) is 9.36 Å². The zero-order valence-electron chi connectivity index (χ0n) is 7.14. The van der Waals surface area contributed by atoms with Crippen LogP contribution in [0.25, 0.3) is 0 Å². The molecular formula is C5H13N2O5P. The number of amides is 1. The van der Waals surface area contributed by atoms with Crippen LogP contribution in [0.4, 0.5) is 0 Å². The van der Waals surface area contributed by atoms with Gasteiger partial charge in [0.05, 0.1) is 12.6 Å². The monoisotopic (exact) mass is 212 g/mol. The Balaban J connectivity index is 3.86. The summed E-state index contributed by atoms with van der Waals surface area (Å²) in [5, 5.41) is 2.37. The fourth-order valence-corrected chi connectivity index (χ4v) is 1.02. The van der Waals surface area contributed by atoms with Gasteiger partial charge >= 0.3 is 7.82 Å². The van der Waals surface area contributed by atoms with Crippen molar-refractivity contribution in [3.63, 3.8) is 0 Å². The number of carbonyl (C=O) groups excluding carboxylic acids is 1. The Bertz CT molecular complexity index is 215. The first-order chi connectivity index (χ1) is 5.85. The Morgan fingerprint density at radius 3 is 2.54 bits per heavy atom. The normalized spacial score (nSPS) is 13.8. The molecule has 1 atom stereocenters. The number of hydrogen-bond donors (Lipinski definition) is 4. The van der Waals surface area contributed by atoms with Gasteiger partial charge in [-0.2, -0.15) is 0 Å². The topological polar surface area (TPSA) is 122 Å². The molecule has 5 N–H and O–H groups in total. The number of carbonyl (C=O) groups is 1. The summed E-state index contributed by atoms with van der Waals surface area (Å²) in [5.74, 6) is -0.329. The van der Waals surface area contributed by atoms with Crippen molar-refractivity contribution in [2.24, 2.45) is 5.73 Å². The van der Waals surface area contributed by atoms with Crippen LogP contribution in [0.5, 0.6) is 0 Å². The highest BCUT2D eigenvalue weighted by atomic mass is 31.2. The second-order valence-electron chi connectivity index (χ2n) is 2.42. The summed E-state index contributed by atoms with van der Waals surface area (Å²) in [6, 6.07) is -0.579. The Kier molecular flexibility index (Phi) is 5.12. The number of hydrogen-bond acceptors (Lipinski definition) is 4. The van der Waals surface area contributed by atoms with Gasteiger partial charge in [0.25, 0.3) is 0 Å². The van der Waals surface area contributed by atoms with Crippen molar-refractivity contribution in [3.8, 4) is 0 Å². The van der Waals surface area contributed by atoms with Gasteiger partial charge in [0.2, 0.25) is 5.91 Å². The van der Waals surface area contributed by atoms with Crippen LogP contribution in [0.2, 0.25) is 0 Å². The summed E-state index contributed by atoms with van der Waals surface area (Å²) in [6.07, 6.45) is 0. The summed E-state index contributed by atoms with van der Waals surface area (Å²) in [5.41, 5.74) is 5.20. The van der Waals surface area contributed by atoms with Crippen LogP contribution in [0.3, 0.4) is 0 Å². The highest BCUT2D eigenvalue weighted by Crippen LogP contribution is 2.35. The first kappa shape index (κ1) is 12.5. The van der Waals surface area contributed by atoms with Crippen molar-refractivity contribution in [3.05, 3.63) is 0 Å². The SMILES string of the molecule is CC(=O)N[C@H](CN)COP(=O)(O)O. The molecule has 0 aromatic rings. The van der Waals surface area contributed by atoms with Gasteiger partial charge in [-0.1, -0.05) is 0 Å². The maximum atomic E-state index is 10.5. The fourth-order valence-electron chi connectivity index (χ4n) is 0.643. The van der Waals surface area contributed by atoms with Gasteiger partial charge in [0.1, 0.15) is 0 Å². The second-order valence-corrected chi connectivity index (χ2v) is 3.66. The Labute approximate surface area is 75.5 Å². The molecule has 0 aliphatic rings. The zero-order valence-corrected chi connectivity index (χ0v) is 8.03. The molecule has 0 bridgehead atoms. The molecule has 0 aromatic carbocycles. The van der Waals surface area contributed by atoms with Crippen LogP contribution in [0, 0.1) is 0 Å². The predicted octanol–water partition coefficient (Wildman–Crippen LogP) is -1.44. The molecule has 13 heavy (non-hydrogen) atoms. The third-order valence-electron chi connectivity index (χ3n) is 1.14. The molecule has 0 saturated heterocycles. The van der Waals surface area contributed by atoms with Gasteiger partial charge in [-0.15, -0.1) is 0 Å². The van der Waals surface area contributed by atoms with Crippen molar-refractivity contribution in [1.82, 2.24) is 5.32 Å². The van der Waals surface area contributed by atoms with E-state index in [1.165, 1.54) is 6.92 Å². The summed E-state index contributed by atoms with van der Waals surface area (Å²) < 4.78 is 14.4. The molecule has 8 heteroatoms. The molecule has 0 unspecified atom stereocenters. The summed E-state index contributed by atoms with van der Waals surface area (Å²) in [4.78, 5) is 27.2. The van der Waals surface area contributed by atoms with Crippen LogP contribution in [0.15, 0.2) is 0 Å². The van der Waals surface area contributed by atoms with Crippen LogP contribution in [0.1, 0.15) is 6.92 Å². The van der Waals surface area contributed by atoms with Crippen LogP contribution in [-0.2, 0) is 13.9 Å².